The van der Waals surface area contributed by atoms with Crippen molar-refractivity contribution in [1.82, 2.24) is 10.3 Å². The molecule has 0 radical (unpaired) electrons. The molecule has 0 atom stereocenters. The normalized spacial score (nSPS) is 21.3. The second kappa shape index (κ2) is 10.7. The molecule has 1 heterocycles. The minimum absolute atomic E-state index is 0.280. The van der Waals surface area contributed by atoms with Gasteiger partial charge in [0.05, 0.1) is 23.1 Å². The van der Waals surface area contributed by atoms with E-state index < -0.39 is 0 Å². The molecular formula is C25H31ClFN5O. The van der Waals surface area contributed by atoms with Crippen molar-refractivity contribution in [3.8, 4) is 17.2 Å². The van der Waals surface area contributed by atoms with Crippen LogP contribution in [-0.2, 0) is 4.74 Å². The third kappa shape index (κ3) is 6.14. The summed E-state index contributed by atoms with van der Waals surface area (Å²) in [5, 5.41) is 20.0. The number of methoxy groups -OCH3 is 1. The lowest BCUT2D eigenvalue weighted by Gasteiger charge is -2.30. The van der Waals surface area contributed by atoms with Gasteiger partial charge in [-0.2, -0.15) is 5.26 Å². The molecule has 8 heteroatoms. The molecule has 0 spiro atoms. The van der Waals surface area contributed by atoms with Gasteiger partial charge in [-0.05, 0) is 62.8 Å². The Labute approximate surface area is 199 Å². The number of nitriles is 1. The summed E-state index contributed by atoms with van der Waals surface area (Å²) < 4.78 is 19.9. The number of hydrogen-bond acceptors (Lipinski definition) is 6. The molecule has 2 fully saturated rings. The second-order valence-corrected chi connectivity index (χ2v) is 9.54. The van der Waals surface area contributed by atoms with Crippen LogP contribution in [-0.4, -0.2) is 43.9 Å². The van der Waals surface area contributed by atoms with Gasteiger partial charge >= 0.3 is 0 Å². The number of pyridine rings is 1. The van der Waals surface area contributed by atoms with Crippen LogP contribution in [0.2, 0.25) is 5.02 Å². The molecule has 1 aromatic carbocycles. The molecule has 0 amide bonds. The molecule has 2 aliphatic carbocycles. The molecule has 3 N–H and O–H groups in total. The molecule has 0 saturated heterocycles. The van der Waals surface area contributed by atoms with Gasteiger partial charge in [-0.1, -0.05) is 11.6 Å². The number of anilines is 2. The van der Waals surface area contributed by atoms with Gasteiger partial charge in [-0.25, -0.2) is 9.37 Å². The van der Waals surface area contributed by atoms with Crippen molar-refractivity contribution in [2.75, 3.05) is 37.4 Å². The van der Waals surface area contributed by atoms with Crippen molar-refractivity contribution < 1.29 is 9.13 Å². The quantitative estimate of drug-likeness (QED) is 0.412. The Morgan fingerprint density at radius 1 is 1.18 bits per heavy atom. The van der Waals surface area contributed by atoms with Gasteiger partial charge < -0.3 is 20.7 Å². The molecule has 0 bridgehead atoms. The fraction of sp³-hybridized carbons (Fsp3) is 0.520. The Balaban J connectivity index is 1.41. The van der Waals surface area contributed by atoms with E-state index in [2.05, 4.69) is 27.0 Å². The molecule has 0 aliphatic heterocycles. The van der Waals surface area contributed by atoms with Crippen molar-refractivity contribution in [3.63, 3.8) is 0 Å². The predicted octanol–water partition coefficient (Wildman–Crippen LogP) is 5.22. The number of nitrogens with one attached hydrogen (secondary N) is 3. The lowest BCUT2D eigenvalue weighted by molar-refractivity contribution is 0.191. The van der Waals surface area contributed by atoms with E-state index in [1.807, 2.05) is 6.07 Å². The highest BCUT2D eigenvalue weighted by atomic mass is 35.5. The second-order valence-electron chi connectivity index (χ2n) is 9.13. The molecule has 176 valence electrons. The maximum Gasteiger partial charge on any atom is 0.131 e. The van der Waals surface area contributed by atoms with Gasteiger partial charge in [0.25, 0.3) is 0 Å². The molecule has 0 unspecified atom stereocenters. The summed E-state index contributed by atoms with van der Waals surface area (Å²) in [6.45, 7) is 2.16. The van der Waals surface area contributed by atoms with Gasteiger partial charge in [-0.3, -0.25) is 0 Å². The van der Waals surface area contributed by atoms with E-state index in [4.69, 9.17) is 16.3 Å². The molecule has 1 aromatic heterocycles. The van der Waals surface area contributed by atoms with E-state index in [0.717, 1.165) is 57.4 Å². The summed E-state index contributed by atoms with van der Waals surface area (Å²) in [4.78, 5) is 4.43. The van der Waals surface area contributed by atoms with Crippen LogP contribution >= 0.6 is 11.6 Å². The van der Waals surface area contributed by atoms with Crippen LogP contribution < -0.4 is 16.0 Å². The van der Waals surface area contributed by atoms with Crippen LogP contribution in [0.1, 0.15) is 38.5 Å². The minimum atomic E-state index is -0.344. The zero-order valence-electron chi connectivity index (χ0n) is 19.0. The average molecular weight is 472 g/mol. The predicted molar refractivity (Wildman–Crippen MR) is 130 cm³/mol. The van der Waals surface area contributed by atoms with Crippen molar-refractivity contribution >= 4 is 23.1 Å². The highest BCUT2D eigenvalue weighted by Gasteiger charge is 2.42. The van der Waals surface area contributed by atoms with Crippen LogP contribution in [0.15, 0.2) is 30.5 Å². The van der Waals surface area contributed by atoms with Gasteiger partial charge in [0.1, 0.15) is 11.6 Å². The van der Waals surface area contributed by atoms with E-state index in [1.54, 1.807) is 25.4 Å². The van der Waals surface area contributed by atoms with Crippen molar-refractivity contribution in [1.29, 1.82) is 5.26 Å². The summed E-state index contributed by atoms with van der Waals surface area (Å²) >= 11 is 6.42. The Bertz CT molecular complexity index is 999. The molecule has 4 rings (SSSR count). The van der Waals surface area contributed by atoms with E-state index in [1.165, 1.54) is 6.07 Å². The lowest BCUT2D eigenvalue weighted by atomic mass is 9.91. The van der Waals surface area contributed by atoms with E-state index in [9.17, 15) is 9.65 Å². The van der Waals surface area contributed by atoms with Crippen molar-refractivity contribution in [3.05, 3.63) is 41.3 Å². The molecule has 6 nitrogen and oxygen atoms in total. The maximum atomic E-state index is 14.8. The highest BCUT2D eigenvalue weighted by Crippen LogP contribution is 2.45. The van der Waals surface area contributed by atoms with Gasteiger partial charge in [0, 0.05) is 55.3 Å². The topological polar surface area (TPSA) is 82.0 Å². The third-order valence-electron chi connectivity index (χ3n) is 6.65. The molecule has 2 aromatic rings. The molecule has 2 aliphatic rings. The fourth-order valence-electron chi connectivity index (χ4n) is 4.33. The zero-order valence-corrected chi connectivity index (χ0v) is 19.7. The number of rotatable bonds is 10. The first-order valence-electron chi connectivity index (χ1n) is 11.6. The van der Waals surface area contributed by atoms with Crippen LogP contribution in [0, 0.1) is 22.6 Å². The summed E-state index contributed by atoms with van der Waals surface area (Å²) in [7, 11) is 1.71. The maximum absolute atomic E-state index is 14.8. The highest BCUT2D eigenvalue weighted by molar-refractivity contribution is 6.33. The minimum Gasteiger partial charge on any atom is -0.383 e. The Kier molecular flexibility index (Phi) is 7.69. The fourth-order valence-corrected chi connectivity index (χ4v) is 4.54. The monoisotopic (exact) mass is 471 g/mol. The van der Waals surface area contributed by atoms with E-state index in [0.29, 0.717) is 40.6 Å². The Hall–Kier alpha value is -2.40. The van der Waals surface area contributed by atoms with Crippen LogP contribution in [0.25, 0.3) is 11.1 Å². The number of halogens is 2. The number of hydrogen-bond donors (Lipinski definition) is 3. The first-order chi connectivity index (χ1) is 16.0. The van der Waals surface area contributed by atoms with Gasteiger partial charge in [0.15, 0.2) is 0 Å². The van der Waals surface area contributed by atoms with Crippen LogP contribution in [0.5, 0.6) is 0 Å². The lowest BCUT2D eigenvalue weighted by Crippen LogP contribution is -2.38. The summed E-state index contributed by atoms with van der Waals surface area (Å²) in [5.74, 6) is 0.355. The van der Waals surface area contributed by atoms with Crippen LogP contribution in [0.3, 0.4) is 0 Å². The standard InChI is InChI=1S/C25H31ClFN5O/c1-33-11-10-29-17-2-4-18(5-3-17)32-24-13-20(22(26)14-30-24)21-12-19(6-7-23(21)27)31-16-25(15-28)8-9-25/h6-7,12-14,17-18,29,31H,2-5,8-11,16H2,1H3,(H,30,32). The van der Waals surface area contributed by atoms with Crippen molar-refractivity contribution in [2.45, 2.75) is 50.6 Å². The van der Waals surface area contributed by atoms with E-state index >= 15 is 0 Å². The summed E-state index contributed by atoms with van der Waals surface area (Å²) in [6.07, 6.45) is 7.65. The van der Waals surface area contributed by atoms with Crippen molar-refractivity contribution in [2.24, 2.45) is 5.41 Å². The Morgan fingerprint density at radius 3 is 2.64 bits per heavy atom. The largest absolute Gasteiger partial charge is 0.383 e. The SMILES string of the molecule is COCCNC1CCC(Nc2cc(-c3cc(NCC4(C#N)CC4)ccc3F)c(Cl)cn2)CC1. The number of ether oxygens (including phenoxy) is 1. The average Bonchev–Trinajstić information content (AvgIpc) is 3.62. The smallest absolute Gasteiger partial charge is 0.131 e. The number of aromatic nitrogens is 1. The first-order valence-corrected chi connectivity index (χ1v) is 12.0. The summed E-state index contributed by atoms with van der Waals surface area (Å²) in [5.41, 5.74) is 1.52. The molecule has 2 saturated carbocycles. The van der Waals surface area contributed by atoms with Gasteiger partial charge in [-0.15, -0.1) is 0 Å². The van der Waals surface area contributed by atoms with Crippen LogP contribution in [0.4, 0.5) is 15.9 Å². The third-order valence-corrected chi connectivity index (χ3v) is 6.95. The molecule has 33 heavy (non-hydrogen) atoms. The Morgan fingerprint density at radius 2 is 1.94 bits per heavy atom. The number of benzene rings is 1. The zero-order chi connectivity index (χ0) is 23.3. The van der Waals surface area contributed by atoms with E-state index in [-0.39, 0.29) is 11.2 Å². The number of nitrogens with zero attached hydrogens (tertiary/aromatic N) is 2. The molecular weight excluding hydrogens is 441 g/mol. The van der Waals surface area contributed by atoms with Gasteiger partial charge in [0.2, 0.25) is 0 Å². The first kappa shape index (κ1) is 23.7. The summed E-state index contributed by atoms with van der Waals surface area (Å²) in [6, 6.07) is 9.92.